The summed E-state index contributed by atoms with van der Waals surface area (Å²) in [6, 6.07) is 1.14. The lowest BCUT2D eigenvalue weighted by molar-refractivity contribution is -0.157. The van der Waals surface area contributed by atoms with Gasteiger partial charge in [-0.1, -0.05) is 0 Å². The van der Waals surface area contributed by atoms with Crippen LogP contribution in [0.25, 0.3) is 0 Å². The fraction of sp³-hybridized carbons (Fsp3) is 0.700. The maximum atomic E-state index is 13.1. The number of methoxy groups -OCH3 is 1. The zero-order chi connectivity index (χ0) is 26.0. The van der Waals surface area contributed by atoms with Crippen LogP contribution in [0.3, 0.4) is 0 Å². The number of hydrogen-bond donors (Lipinski definition) is 2. The molecule has 0 bridgehead atoms. The number of ether oxygens (including phenoxy) is 3. The van der Waals surface area contributed by atoms with Crippen LogP contribution in [0, 0.1) is 5.92 Å². The lowest BCUT2D eigenvalue weighted by Gasteiger charge is -2.35. The van der Waals surface area contributed by atoms with Crippen LogP contribution in [-0.4, -0.2) is 65.7 Å². The number of nitrogens with two attached hydrogens (primary N) is 1. The molecule has 0 spiro atoms. The minimum absolute atomic E-state index is 0.0166. The van der Waals surface area contributed by atoms with Gasteiger partial charge in [-0.15, -0.1) is 0 Å². The van der Waals surface area contributed by atoms with Crippen molar-refractivity contribution in [2.45, 2.75) is 63.7 Å². The summed E-state index contributed by atoms with van der Waals surface area (Å²) >= 11 is 0. The highest BCUT2D eigenvalue weighted by Crippen LogP contribution is 2.58. The van der Waals surface area contributed by atoms with E-state index >= 15 is 0 Å². The number of nitrogens with one attached hydrogen (secondary N) is 1. The van der Waals surface area contributed by atoms with Gasteiger partial charge in [0.2, 0.25) is 0 Å². The van der Waals surface area contributed by atoms with Gasteiger partial charge in [0.25, 0.3) is 5.56 Å². The number of phosphoric ester groups is 1. The van der Waals surface area contributed by atoms with Crippen molar-refractivity contribution in [2.75, 3.05) is 20.3 Å². The second-order valence-corrected chi connectivity index (χ2v) is 10.4. The smallest absolute Gasteiger partial charge is 0.469 e. The first-order valence-corrected chi connectivity index (χ1v) is 12.4. The number of fused-ring (bicyclic) bond motifs is 1. The molecule has 1 aromatic rings. The lowest BCUT2D eigenvalue weighted by atomic mass is 9.93. The molecule has 3 N–H and O–H groups in total. The number of hydrogen-bond acceptors (Lipinski definition) is 12. The number of rotatable bonds is 9. The van der Waals surface area contributed by atoms with Crippen LogP contribution >= 0.6 is 7.82 Å². The Hall–Kier alpha value is -2.35. The first-order chi connectivity index (χ1) is 16.4. The molecule has 0 aromatic carbocycles. The Morgan fingerprint density at radius 3 is 2.71 bits per heavy atom. The zero-order valence-corrected chi connectivity index (χ0v) is 20.7. The van der Waals surface area contributed by atoms with Crippen molar-refractivity contribution in [3.05, 3.63) is 33.1 Å². The van der Waals surface area contributed by atoms with Gasteiger partial charge in [-0.25, -0.2) is 9.36 Å². The molecule has 2 saturated heterocycles. The van der Waals surface area contributed by atoms with Gasteiger partial charge in [0.1, 0.15) is 12.2 Å². The van der Waals surface area contributed by atoms with E-state index in [1.807, 2.05) is 0 Å². The summed E-state index contributed by atoms with van der Waals surface area (Å²) in [6.45, 7) is 4.43. The highest BCUT2D eigenvalue weighted by atomic mass is 31.2. The molecule has 0 radical (unpaired) electrons. The summed E-state index contributed by atoms with van der Waals surface area (Å²) < 4.78 is 46.1. The van der Waals surface area contributed by atoms with E-state index in [2.05, 4.69) is 9.72 Å². The Kier molecular flexibility index (Phi) is 8.35. The van der Waals surface area contributed by atoms with Crippen molar-refractivity contribution in [3.8, 4) is 0 Å². The van der Waals surface area contributed by atoms with Crippen LogP contribution in [0.2, 0.25) is 0 Å². The molecule has 2 fully saturated rings. The van der Waals surface area contributed by atoms with Crippen LogP contribution in [0.1, 0.15) is 39.8 Å². The molecule has 3 rings (SSSR count). The van der Waals surface area contributed by atoms with Gasteiger partial charge in [0, 0.05) is 12.3 Å². The highest BCUT2D eigenvalue weighted by Gasteiger charge is 2.59. The minimum Gasteiger partial charge on any atom is -0.469 e. The molecule has 1 aromatic heterocycles. The molecule has 15 heteroatoms. The predicted octanol–water partition coefficient (Wildman–Crippen LogP) is 0.213. The van der Waals surface area contributed by atoms with Crippen LogP contribution in [-0.2, 0) is 41.9 Å². The van der Waals surface area contributed by atoms with Gasteiger partial charge < -0.3 is 19.9 Å². The molecule has 6 atom stereocenters. The molecule has 3 heterocycles. The van der Waals surface area contributed by atoms with Gasteiger partial charge in [0.15, 0.2) is 6.23 Å². The second-order valence-electron chi connectivity index (χ2n) is 8.76. The first-order valence-electron chi connectivity index (χ1n) is 11.0. The molecule has 2 aliphatic heterocycles. The first kappa shape index (κ1) is 27.2. The van der Waals surface area contributed by atoms with Gasteiger partial charge in [-0.2, -0.15) is 0 Å². The van der Waals surface area contributed by atoms with E-state index < -0.39 is 67.0 Å². The number of aromatic nitrogens is 2. The van der Waals surface area contributed by atoms with Crippen molar-refractivity contribution in [1.82, 2.24) is 9.55 Å². The number of phosphoric acid groups is 1. The average molecular weight is 519 g/mol. The van der Waals surface area contributed by atoms with Gasteiger partial charge in [0.05, 0.1) is 44.3 Å². The molecule has 0 amide bonds. The number of carbonyl (C=O) groups is 2. The third kappa shape index (κ3) is 6.26. The monoisotopic (exact) mass is 519 g/mol. The maximum Gasteiger partial charge on any atom is 0.475 e. The van der Waals surface area contributed by atoms with Crippen molar-refractivity contribution in [1.29, 1.82) is 0 Å². The Bertz CT molecular complexity index is 1100. The summed E-state index contributed by atoms with van der Waals surface area (Å²) in [5.74, 6) is -2.12. The van der Waals surface area contributed by atoms with Gasteiger partial charge in [-0.3, -0.25) is 37.5 Å². The number of H-pyrrole nitrogens is 1. The highest BCUT2D eigenvalue weighted by molar-refractivity contribution is 7.48. The van der Waals surface area contributed by atoms with Crippen molar-refractivity contribution in [3.63, 3.8) is 0 Å². The van der Waals surface area contributed by atoms with E-state index in [9.17, 15) is 23.7 Å². The summed E-state index contributed by atoms with van der Waals surface area (Å²) in [5, 5.41) is 0. The number of esters is 2. The zero-order valence-electron chi connectivity index (χ0n) is 19.8. The van der Waals surface area contributed by atoms with Gasteiger partial charge in [-0.05, 0) is 27.2 Å². The fourth-order valence-corrected chi connectivity index (χ4v) is 5.33. The molecule has 2 aliphatic rings. The van der Waals surface area contributed by atoms with Crippen LogP contribution in [0.4, 0.5) is 0 Å². The molecule has 35 heavy (non-hydrogen) atoms. The van der Waals surface area contributed by atoms with Crippen molar-refractivity contribution >= 4 is 19.8 Å². The Labute approximate surface area is 200 Å². The minimum atomic E-state index is -4.13. The number of nitrogens with zero attached hydrogens (tertiary/aromatic N) is 1. The Balaban J connectivity index is 1.67. The van der Waals surface area contributed by atoms with E-state index in [-0.39, 0.29) is 26.1 Å². The van der Waals surface area contributed by atoms with E-state index in [1.165, 1.54) is 13.3 Å². The Morgan fingerprint density at radius 1 is 1.37 bits per heavy atom. The summed E-state index contributed by atoms with van der Waals surface area (Å²) in [5.41, 5.74) is 3.75. The SMILES string of the molecule is COC(=O)C[C@@H](CCO[P@]1(=O)OC[C@H]2O[C@@H](n3ccc(=O)[nH]c3=O)[C@](C)(N)[C@@H]2O1)C(=O)OC(C)C. The quantitative estimate of drug-likeness (QED) is 0.334. The van der Waals surface area contributed by atoms with E-state index in [0.717, 1.165) is 10.6 Å². The third-order valence-electron chi connectivity index (χ3n) is 5.57. The number of aromatic amines is 1. The summed E-state index contributed by atoms with van der Waals surface area (Å²) in [4.78, 5) is 49.7. The largest absolute Gasteiger partial charge is 0.475 e. The summed E-state index contributed by atoms with van der Waals surface area (Å²) in [7, 11) is -2.93. The standard InChI is InChI=1S/C20H30N3O11P/c1-11(2)32-17(26)12(9-15(25)29-4)6-8-30-35(28)31-10-13-16(34-35)20(3,21)18(33-13)23-7-5-14(24)22-19(23)27/h5,7,11-13,16,18H,6,8-10,21H2,1-4H3,(H,22,24,27)/t12-,13-,16-,18-,20-,35-/m1/s1. The second kappa shape index (κ2) is 10.7. The normalized spacial score (nSPS) is 31.1. The third-order valence-corrected chi connectivity index (χ3v) is 7.02. The number of carbonyl (C=O) groups excluding carboxylic acids is 2. The maximum absolute atomic E-state index is 13.1. The summed E-state index contributed by atoms with van der Waals surface area (Å²) in [6.07, 6.45) is -2.22. The topological polar surface area (TPSA) is 187 Å². The molecule has 0 unspecified atom stereocenters. The molecule has 196 valence electrons. The predicted molar refractivity (Wildman–Crippen MR) is 118 cm³/mol. The Morgan fingerprint density at radius 2 is 2.09 bits per heavy atom. The molecule has 14 nitrogen and oxygen atoms in total. The van der Waals surface area contributed by atoms with Crippen LogP contribution < -0.4 is 17.0 Å². The molecular formula is C20H30N3O11P. The molecule has 0 saturated carbocycles. The van der Waals surface area contributed by atoms with Crippen LogP contribution in [0.15, 0.2) is 21.9 Å². The van der Waals surface area contributed by atoms with E-state index in [0.29, 0.717) is 0 Å². The fourth-order valence-electron chi connectivity index (χ4n) is 3.83. The van der Waals surface area contributed by atoms with Crippen LogP contribution in [0.5, 0.6) is 0 Å². The molecule has 0 aliphatic carbocycles. The van der Waals surface area contributed by atoms with E-state index in [4.69, 9.17) is 28.8 Å². The lowest BCUT2D eigenvalue weighted by Crippen LogP contribution is -2.55. The van der Waals surface area contributed by atoms with Gasteiger partial charge >= 0.3 is 25.5 Å². The average Bonchev–Trinajstić information content (AvgIpc) is 3.02. The van der Waals surface area contributed by atoms with Crippen molar-refractivity contribution < 1.29 is 41.9 Å². The molecular weight excluding hydrogens is 489 g/mol. The van der Waals surface area contributed by atoms with Crippen molar-refractivity contribution in [2.24, 2.45) is 11.7 Å². The van der Waals surface area contributed by atoms with E-state index in [1.54, 1.807) is 20.8 Å².